The molecule has 1 saturated heterocycles. The number of nitrogens with one attached hydrogen (secondary N) is 1. The van der Waals surface area contributed by atoms with E-state index in [2.05, 4.69) is 19.1 Å². The number of carbonyl (C=O) groups is 1. The first-order valence-corrected chi connectivity index (χ1v) is 10.6. The number of nitrogens with zero attached hydrogens (tertiary/aromatic N) is 2. The zero-order chi connectivity index (χ0) is 19.3. The molecule has 0 saturated carbocycles. The molecule has 1 aliphatic rings. The van der Waals surface area contributed by atoms with Crippen LogP contribution in [0.15, 0.2) is 48.5 Å². The zero-order valence-corrected chi connectivity index (χ0v) is 17.0. The van der Waals surface area contributed by atoms with Gasteiger partial charge in [0.2, 0.25) is 5.91 Å². The Kier molecular flexibility index (Phi) is 6.00. The Morgan fingerprint density at radius 2 is 1.93 bits per heavy atom. The van der Waals surface area contributed by atoms with E-state index in [0.29, 0.717) is 13.0 Å². The topological polar surface area (TPSA) is 46.9 Å². The van der Waals surface area contributed by atoms with Crippen molar-refractivity contribution in [3.8, 4) is 0 Å². The van der Waals surface area contributed by atoms with Crippen LogP contribution in [0.2, 0.25) is 0 Å². The maximum atomic E-state index is 13.2. The summed E-state index contributed by atoms with van der Waals surface area (Å²) in [6, 6.07) is 16.1. The molecule has 1 fully saturated rings. The number of ether oxygens (including phenoxy) is 1. The Balaban J connectivity index is 1.57. The summed E-state index contributed by atoms with van der Waals surface area (Å²) >= 11 is 1.61. The quantitative estimate of drug-likeness (QED) is 0.694. The van der Waals surface area contributed by atoms with Crippen LogP contribution >= 0.6 is 11.3 Å². The lowest BCUT2D eigenvalue weighted by atomic mass is 10.1. The molecular weight excluding hydrogens is 370 g/mol. The molecular formula is C22H26N3O2S+. The van der Waals surface area contributed by atoms with Crippen LogP contribution in [-0.4, -0.2) is 50.3 Å². The molecule has 0 radical (unpaired) electrons. The molecule has 1 amide bonds. The smallest absolute Gasteiger partial charge is 0.233 e. The summed E-state index contributed by atoms with van der Waals surface area (Å²) in [7, 11) is 0. The molecule has 0 unspecified atom stereocenters. The Labute approximate surface area is 169 Å². The van der Waals surface area contributed by atoms with Crippen molar-refractivity contribution < 1.29 is 14.4 Å². The molecule has 4 rings (SSSR count). The number of fused-ring (bicyclic) bond motifs is 1. The zero-order valence-electron chi connectivity index (χ0n) is 16.2. The number of thiazole rings is 1. The second-order valence-electron chi connectivity index (χ2n) is 7.24. The molecule has 0 spiro atoms. The number of hydrogen-bond donors (Lipinski definition) is 1. The van der Waals surface area contributed by atoms with Crippen LogP contribution in [0, 0.1) is 6.92 Å². The number of anilines is 1. The standard InChI is InChI=1S/C22H25N3O2S/c1-17-6-5-9-19-21(17)23-22(28-19)25(11-10-24-12-14-27-15-13-24)20(26)16-18-7-3-2-4-8-18/h2-9H,10-16H2,1H3/p+1. The third-order valence-electron chi connectivity index (χ3n) is 5.23. The van der Waals surface area contributed by atoms with E-state index in [4.69, 9.17) is 9.72 Å². The molecule has 146 valence electrons. The van der Waals surface area contributed by atoms with Gasteiger partial charge in [0, 0.05) is 0 Å². The lowest BCUT2D eigenvalue weighted by molar-refractivity contribution is -0.906. The summed E-state index contributed by atoms with van der Waals surface area (Å²) in [5, 5.41) is 0.804. The summed E-state index contributed by atoms with van der Waals surface area (Å²) < 4.78 is 6.59. The Bertz CT molecular complexity index is 935. The van der Waals surface area contributed by atoms with Crippen LogP contribution < -0.4 is 9.80 Å². The molecule has 6 heteroatoms. The SMILES string of the molecule is Cc1cccc2sc(N(CC[NH+]3CCOCC3)C(=O)Cc3ccccc3)nc12. The average molecular weight is 397 g/mol. The number of quaternary nitrogens is 1. The first-order chi connectivity index (χ1) is 13.7. The normalized spacial score (nSPS) is 15.0. The van der Waals surface area contributed by atoms with Gasteiger partial charge in [-0.05, 0) is 24.1 Å². The van der Waals surface area contributed by atoms with Gasteiger partial charge < -0.3 is 9.64 Å². The van der Waals surface area contributed by atoms with Gasteiger partial charge in [-0.25, -0.2) is 4.98 Å². The van der Waals surface area contributed by atoms with E-state index < -0.39 is 0 Å². The van der Waals surface area contributed by atoms with Crippen LogP contribution in [0.1, 0.15) is 11.1 Å². The van der Waals surface area contributed by atoms with Crippen molar-refractivity contribution in [1.29, 1.82) is 0 Å². The number of para-hydroxylation sites is 1. The first-order valence-electron chi connectivity index (χ1n) is 9.82. The van der Waals surface area contributed by atoms with Gasteiger partial charge in [-0.1, -0.05) is 53.8 Å². The minimum absolute atomic E-state index is 0.107. The predicted molar refractivity (Wildman–Crippen MR) is 113 cm³/mol. The largest absolute Gasteiger partial charge is 0.370 e. The Morgan fingerprint density at radius 1 is 1.14 bits per heavy atom. The fourth-order valence-electron chi connectivity index (χ4n) is 3.56. The highest BCUT2D eigenvalue weighted by Gasteiger charge is 2.23. The van der Waals surface area contributed by atoms with Gasteiger partial charge in [0.1, 0.15) is 13.1 Å². The van der Waals surface area contributed by atoms with E-state index in [0.717, 1.165) is 59.3 Å². The van der Waals surface area contributed by atoms with E-state index in [-0.39, 0.29) is 5.91 Å². The minimum Gasteiger partial charge on any atom is -0.370 e. The monoisotopic (exact) mass is 396 g/mol. The average Bonchev–Trinajstić information content (AvgIpc) is 3.15. The lowest BCUT2D eigenvalue weighted by Gasteiger charge is -2.27. The molecule has 2 heterocycles. The predicted octanol–water partition coefficient (Wildman–Crippen LogP) is 2.10. The van der Waals surface area contributed by atoms with E-state index in [1.54, 1.807) is 11.3 Å². The van der Waals surface area contributed by atoms with Gasteiger partial charge in [0.15, 0.2) is 5.13 Å². The first kappa shape index (κ1) is 19.1. The van der Waals surface area contributed by atoms with E-state index in [1.807, 2.05) is 41.3 Å². The van der Waals surface area contributed by atoms with Crippen LogP contribution in [0.25, 0.3) is 10.2 Å². The highest BCUT2D eigenvalue weighted by Crippen LogP contribution is 2.30. The van der Waals surface area contributed by atoms with Crippen LogP contribution in [0.3, 0.4) is 0 Å². The number of hydrogen-bond acceptors (Lipinski definition) is 4. The van der Waals surface area contributed by atoms with Crippen molar-refractivity contribution >= 4 is 32.6 Å². The highest BCUT2D eigenvalue weighted by atomic mass is 32.1. The number of morpholine rings is 1. The number of rotatable bonds is 6. The fourth-order valence-corrected chi connectivity index (χ4v) is 4.65. The van der Waals surface area contributed by atoms with Gasteiger partial charge in [-0.2, -0.15) is 0 Å². The van der Waals surface area contributed by atoms with E-state index in [1.165, 1.54) is 4.90 Å². The minimum atomic E-state index is 0.107. The maximum Gasteiger partial charge on any atom is 0.233 e. The number of aromatic nitrogens is 1. The van der Waals surface area contributed by atoms with Gasteiger partial charge in [-0.15, -0.1) is 0 Å². The number of carbonyl (C=O) groups excluding carboxylic acids is 1. The second kappa shape index (κ2) is 8.82. The summed E-state index contributed by atoms with van der Waals surface area (Å²) in [4.78, 5) is 21.4. The van der Waals surface area contributed by atoms with Crippen molar-refractivity contribution in [3.63, 3.8) is 0 Å². The van der Waals surface area contributed by atoms with Gasteiger partial charge >= 0.3 is 0 Å². The molecule has 5 nitrogen and oxygen atoms in total. The third-order valence-corrected chi connectivity index (χ3v) is 6.27. The summed E-state index contributed by atoms with van der Waals surface area (Å²) in [6.45, 7) is 7.26. The molecule has 1 aliphatic heterocycles. The van der Waals surface area contributed by atoms with E-state index >= 15 is 0 Å². The summed E-state index contributed by atoms with van der Waals surface area (Å²) in [5.41, 5.74) is 3.18. The summed E-state index contributed by atoms with van der Waals surface area (Å²) in [5.74, 6) is 0.107. The molecule has 1 N–H and O–H groups in total. The number of benzene rings is 2. The Morgan fingerprint density at radius 3 is 2.68 bits per heavy atom. The Hall–Kier alpha value is -2.28. The molecule has 3 aromatic rings. The summed E-state index contributed by atoms with van der Waals surface area (Å²) in [6.07, 6.45) is 0.397. The molecule has 0 atom stereocenters. The van der Waals surface area contributed by atoms with Crippen LogP contribution in [-0.2, 0) is 16.0 Å². The maximum absolute atomic E-state index is 13.2. The van der Waals surface area contributed by atoms with Crippen molar-refractivity contribution in [2.24, 2.45) is 0 Å². The lowest BCUT2D eigenvalue weighted by Crippen LogP contribution is -3.14. The van der Waals surface area contributed by atoms with Crippen molar-refractivity contribution in [1.82, 2.24) is 4.98 Å². The van der Waals surface area contributed by atoms with E-state index in [9.17, 15) is 4.79 Å². The molecule has 2 aromatic carbocycles. The van der Waals surface area contributed by atoms with Crippen LogP contribution in [0.4, 0.5) is 5.13 Å². The van der Waals surface area contributed by atoms with Gasteiger partial charge in [0.25, 0.3) is 0 Å². The molecule has 28 heavy (non-hydrogen) atoms. The van der Waals surface area contributed by atoms with Crippen LogP contribution in [0.5, 0.6) is 0 Å². The van der Waals surface area contributed by atoms with Crippen molar-refractivity contribution in [2.75, 3.05) is 44.3 Å². The highest BCUT2D eigenvalue weighted by molar-refractivity contribution is 7.22. The number of aryl methyl sites for hydroxylation is 1. The molecule has 0 bridgehead atoms. The van der Waals surface area contributed by atoms with Crippen molar-refractivity contribution in [3.05, 3.63) is 59.7 Å². The fraction of sp³-hybridized carbons (Fsp3) is 0.364. The molecule has 1 aromatic heterocycles. The van der Waals surface area contributed by atoms with Crippen molar-refractivity contribution in [2.45, 2.75) is 13.3 Å². The van der Waals surface area contributed by atoms with Gasteiger partial charge in [0.05, 0.1) is 42.9 Å². The molecule has 0 aliphatic carbocycles. The third kappa shape index (κ3) is 4.41. The number of amides is 1. The second-order valence-corrected chi connectivity index (χ2v) is 8.25. The van der Waals surface area contributed by atoms with Gasteiger partial charge in [-0.3, -0.25) is 9.69 Å².